The Morgan fingerprint density at radius 3 is 2.83 bits per heavy atom. The van der Waals surface area contributed by atoms with E-state index in [1.165, 1.54) is 18.4 Å². The van der Waals surface area contributed by atoms with Gasteiger partial charge in [0.05, 0.1) is 6.61 Å². The molecule has 1 aromatic heterocycles. The van der Waals surface area contributed by atoms with Gasteiger partial charge in [-0.2, -0.15) is 0 Å². The molecule has 24 heavy (non-hydrogen) atoms. The number of aromatic nitrogens is 1. The lowest BCUT2D eigenvalue weighted by molar-refractivity contribution is -0.160. The lowest BCUT2D eigenvalue weighted by atomic mass is 9.80. The highest BCUT2D eigenvalue weighted by atomic mass is 19.3. The topological polar surface area (TPSA) is 42.4 Å². The fraction of sp³-hybridized carbons (Fsp3) is 0.667. The monoisotopic (exact) mass is 336 g/mol. The average Bonchev–Trinajstić information content (AvgIpc) is 3.36. The van der Waals surface area contributed by atoms with E-state index in [1.807, 2.05) is 6.20 Å². The zero-order valence-electron chi connectivity index (χ0n) is 13.6. The summed E-state index contributed by atoms with van der Waals surface area (Å²) in [6.07, 6.45) is 6.30. The maximum Gasteiger partial charge on any atom is 0.249 e. The summed E-state index contributed by atoms with van der Waals surface area (Å²) < 4.78 is 31.8. The molecule has 1 aliphatic heterocycles. The van der Waals surface area contributed by atoms with Gasteiger partial charge in [0.2, 0.25) is 11.8 Å². The first kappa shape index (κ1) is 15.9. The van der Waals surface area contributed by atoms with E-state index in [0.29, 0.717) is 19.7 Å². The van der Waals surface area contributed by atoms with Crippen molar-refractivity contribution in [2.75, 3.05) is 13.2 Å². The molecule has 0 bridgehead atoms. The molecule has 0 N–H and O–H groups in total. The lowest BCUT2D eigenvalue weighted by Crippen LogP contribution is -2.48. The summed E-state index contributed by atoms with van der Waals surface area (Å²) in [5, 5.41) is 0. The molecule has 3 aliphatic rings. The van der Waals surface area contributed by atoms with E-state index in [4.69, 9.17) is 4.74 Å². The van der Waals surface area contributed by atoms with Crippen LogP contribution in [0.25, 0.3) is 0 Å². The highest BCUT2D eigenvalue weighted by Gasteiger charge is 2.49. The summed E-state index contributed by atoms with van der Waals surface area (Å²) in [7, 11) is 0. The Bertz CT molecular complexity index is 638. The van der Waals surface area contributed by atoms with Crippen molar-refractivity contribution in [2.45, 2.75) is 51.2 Å². The van der Waals surface area contributed by atoms with Gasteiger partial charge in [0.15, 0.2) is 0 Å². The van der Waals surface area contributed by atoms with Gasteiger partial charge in [-0.05, 0) is 41.9 Å². The number of fused-ring (bicyclic) bond motifs is 1. The number of alkyl halides is 2. The van der Waals surface area contributed by atoms with Crippen molar-refractivity contribution in [2.24, 2.45) is 11.8 Å². The molecule has 2 saturated carbocycles. The Labute approximate surface area is 140 Å². The van der Waals surface area contributed by atoms with Crippen LogP contribution in [0.2, 0.25) is 0 Å². The summed E-state index contributed by atoms with van der Waals surface area (Å²) in [5.41, 5.74) is 3.33. The van der Waals surface area contributed by atoms with Crippen LogP contribution in [0, 0.1) is 11.8 Å². The van der Waals surface area contributed by atoms with Crippen molar-refractivity contribution in [3.63, 3.8) is 0 Å². The Balaban J connectivity index is 1.38. The van der Waals surface area contributed by atoms with Crippen molar-refractivity contribution in [1.82, 2.24) is 9.88 Å². The molecule has 2 aliphatic carbocycles. The Morgan fingerprint density at radius 2 is 2.12 bits per heavy atom. The normalized spacial score (nSPS) is 22.8. The second kappa shape index (κ2) is 6.06. The van der Waals surface area contributed by atoms with Gasteiger partial charge in [-0.25, -0.2) is 8.78 Å². The first-order chi connectivity index (χ1) is 11.5. The predicted octanol–water partition coefficient (Wildman–Crippen LogP) is 2.94. The Morgan fingerprint density at radius 1 is 1.33 bits per heavy atom. The van der Waals surface area contributed by atoms with Gasteiger partial charge in [-0.15, -0.1) is 0 Å². The first-order valence-corrected chi connectivity index (χ1v) is 8.71. The molecular formula is C18H22F2N2O2. The van der Waals surface area contributed by atoms with E-state index in [0.717, 1.165) is 30.1 Å². The van der Waals surface area contributed by atoms with E-state index in [-0.39, 0.29) is 18.7 Å². The molecule has 0 radical (unpaired) electrons. The highest BCUT2D eigenvalue weighted by Crippen LogP contribution is 2.43. The van der Waals surface area contributed by atoms with Gasteiger partial charge in [0.1, 0.15) is 0 Å². The third-order valence-electron chi connectivity index (χ3n) is 5.29. The predicted molar refractivity (Wildman–Crippen MR) is 83.4 cm³/mol. The van der Waals surface area contributed by atoms with Gasteiger partial charge in [0.25, 0.3) is 0 Å². The van der Waals surface area contributed by atoms with Crippen LogP contribution in [0.3, 0.4) is 0 Å². The number of nitrogens with zero attached hydrogens (tertiary/aromatic N) is 2. The number of ether oxygens (including phenoxy) is 1. The minimum absolute atomic E-state index is 0.137. The highest BCUT2D eigenvalue weighted by molar-refractivity contribution is 5.80. The van der Waals surface area contributed by atoms with Crippen LogP contribution < -0.4 is 0 Å². The molecule has 1 aromatic rings. The standard InChI is InChI=1S/C18H22F2N2O2/c19-18(20)5-13(6-18)17(23)22-4-3-16-14(9-22)7-21-8-15(16)11-24-10-12-1-2-12/h7-8,12-13H,1-6,9-11H2. The maximum atomic E-state index is 13.0. The number of carbonyl (C=O) groups is 1. The molecule has 0 atom stereocenters. The summed E-state index contributed by atoms with van der Waals surface area (Å²) in [4.78, 5) is 18.3. The molecule has 4 rings (SSSR count). The Hall–Kier alpha value is -1.56. The number of rotatable bonds is 5. The van der Waals surface area contributed by atoms with E-state index in [2.05, 4.69) is 4.98 Å². The SMILES string of the molecule is O=C(C1CC(F)(F)C1)N1CCc2c(COCC3CC3)cncc2C1. The number of carbonyl (C=O) groups excluding carboxylic acids is 1. The van der Waals surface area contributed by atoms with Gasteiger partial charge < -0.3 is 9.64 Å². The second-order valence-electron chi connectivity index (χ2n) is 7.37. The van der Waals surface area contributed by atoms with E-state index in [9.17, 15) is 13.6 Å². The molecule has 0 aromatic carbocycles. The molecule has 0 spiro atoms. The molecular weight excluding hydrogens is 314 g/mol. The summed E-state index contributed by atoms with van der Waals surface area (Å²) >= 11 is 0. The van der Waals surface area contributed by atoms with E-state index < -0.39 is 11.8 Å². The number of pyridine rings is 1. The molecule has 2 heterocycles. The molecule has 0 saturated heterocycles. The van der Waals surface area contributed by atoms with Crippen LogP contribution in [0.5, 0.6) is 0 Å². The van der Waals surface area contributed by atoms with Crippen molar-refractivity contribution in [3.05, 3.63) is 29.1 Å². The quantitative estimate of drug-likeness (QED) is 0.830. The zero-order valence-corrected chi connectivity index (χ0v) is 13.6. The fourth-order valence-electron chi connectivity index (χ4n) is 3.59. The minimum atomic E-state index is -2.65. The molecule has 4 nitrogen and oxygen atoms in total. The van der Waals surface area contributed by atoms with Crippen LogP contribution in [-0.2, 0) is 29.1 Å². The van der Waals surface area contributed by atoms with Crippen molar-refractivity contribution in [3.8, 4) is 0 Å². The van der Waals surface area contributed by atoms with Crippen molar-refractivity contribution in [1.29, 1.82) is 0 Å². The molecule has 1 amide bonds. The molecule has 2 fully saturated rings. The van der Waals surface area contributed by atoms with Crippen LogP contribution in [0.1, 0.15) is 42.4 Å². The largest absolute Gasteiger partial charge is 0.376 e. The fourth-order valence-corrected chi connectivity index (χ4v) is 3.59. The smallest absolute Gasteiger partial charge is 0.249 e. The van der Waals surface area contributed by atoms with Crippen molar-refractivity contribution < 1.29 is 18.3 Å². The Kier molecular flexibility index (Phi) is 4.03. The van der Waals surface area contributed by atoms with Crippen LogP contribution in [0.15, 0.2) is 12.4 Å². The first-order valence-electron chi connectivity index (χ1n) is 8.71. The number of amides is 1. The van der Waals surface area contributed by atoms with Crippen LogP contribution >= 0.6 is 0 Å². The molecule has 6 heteroatoms. The van der Waals surface area contributed by atoms with Gasteiger partial charge in [-0.1, -0.05) is 0 Å². The summed E-state index contributed by atoms with van der Waals surface area (Å²) in [5.74, 6) is -2.57. The second-order valence-corrected chi connectivity index (χ2v) is 7.37. The van der Waals surface area contributed by atoms with Gasteiger partial charge in [0, 0.05) is 50.8 Å². The van der Waals surface area contributed by atoms with E-state index >= 15 is 0 Å². The molecule has 0 unspecified atom stereocenters. The maximum absolute atomic E-state index is 13.0. The zero-order chi connectivity index (χ0) is 16.7. The van der Waals surface area contributed by atoms with Crippen LogP contribution in [-0.4, -0.2) is 34.9 Å². The lowest BCUT2D eigenvalue weighted by Gasteiger charge is -2.39. The van der Waals surface area contributed by atoms with E-state index in [1.54, 1.807) is 11.1 Å². The number of hydrogen-bond donors (Lipinski definition) is 0. The summed E-state index contributed by atoms with van der Waals surface area (Å²) in [6, 6.07) is 0. The summed E-state index contributed by atoms with van der Waals surface area (Å²) in [6.45, 7) is 2.44. The minimum Gasteiger partial charge on any atom is -0.376 e. The third-order valence-corrected chi connectivity index (χ3v) is 5.29. The average molecular weight is 336 g/mol. The van der Waals surface area contributed by atoms with Crippen LogP contribution in [0.4, 0.5) is 8.78 Å². The number of hydrogen-bond acceptors (Lipinski definition) is 3. The number of halogens is 2. The van der Waals surface area contributed by atoms with Gasteiger partial charge >= 0.3 is 0 Å². The van der Waals surface area contributed by atoms with Crippen molar-refractivity contribution >= 4 is 5.91 Å². The molecule has 130 valence electrons. The third kappa shape index (κ3) is 3.29. The van der Waals surface area contributed by atoms with Gasteiger partial charge in [-0.3, -0.25) is 9.78 Å².